The van der Waals surface area contributed by atoms with Gasteiger partial charge in [-0.2, -0.15) is 0 Å². The molecule has 2 aliphatic rings. The lowest BCUT2D eigenvalue weighted by Crippen LogP contribution is -2.38. The van der Waals surface area contributed by atoms with Crippen molar-refractivity contribution in [3.8, 4) is 0 Å². The molecule has 0 atom stereocenters. The summed E-state index contributed by atoms with van der Waals surface area (Å²) in [4.78, 5) is 24.4. The summed E-state index contributed by atoms with van der Waals surface area (Å²) in [5.41, 5.74) is 4.09. The maximum Gasteiger partial charge on any atom is 0.255 e. The predicted octanol–water partition coefficient (Wildman–Crippen LogP) is 4.10. The Labute approximate surface area is 165 Å². The molecule has 2 aliphatic heterocycles. The van der Waals surface area contributed by atoms with Crippen molar-refractivity contribution in [1.82, 2.24) is 19.4 Å². The van der Waals surface area contributed by atoms with Crippen LogP contribution >= 0.6 is 0 Å². The Morgan fingerprint density at radius 3 is 2.71 bits per heavy atom. The Bertz CT molecular complexity index is 1030. The number of nitrogens with zero attached hydrogens (tertiary/aromatic N) is 4. The fourth-order valence-electron chi connectivity index (χ4n) is 4.79. The number of aromatic nitrogens is 3. The van der Waals surface area contributed by atoms with Gasteiger partial charge in [-0.05, 0) is 50.7 Å². The summed E-state index contributed by atoms with van der Waals surface area (Å²) >= 11 is 0. The molecule has 28 heavy (non-hydrogen) atoms. The first-order chi connectivity index (χ1) is 13.7. The van der Waals surface area contributed by atoms with Crippen molar-refractivity contribution in [3.63, 3.8) is 0 Å². The zero-order valence-electron chi connectivity index (χ0n) is 16.4. The van der Waals surface area contributed by atoms with Gasteiger partial charge >= 0.3 is 0 Å². The molecule has 1 amide bonds. The largest absolute Gasteiger partial charge is 0.339 e. The van der Waals surface area contributed by atoms with Crippen LogP contribution in [0, 0.1) is 6.92 Å². The van der Waals surface area contributed by atoms with Crippen molar-refractivity contribution in [1.29, 1.82) is 0 Å². The third kappa shape index (κ3) is 2.89. The number of imidazole rings is 1. The Morgan fingerprint density at radius 1 is 1.04 bits per heavy atom. The van der Waals surface area contributed by atoms with Gasteiger partial charge in [-0.1, -0.05) is 18.2 Å². The molecule has 144 valence electrons. The highest BCUT2D eigenvalue weighted by Crippen LogP contribution is 2.31. The maximum atomic E-state index is 13.2. The van der Waals surface area contributed by atoms with Gasteiger partial charge in [0.2, 0.25) is 0 Å². The number of piperidine rings is 1. The Balaban J connectivity index is 1.32. The number of aryl methyl sites for hydroxylation is 2. The van der Waals surface area contributed by atoms with Crippen LogP contribution in [0.4, 0.5) is 0 Å². The molecule has 1 fully saturated rings. The maximum absolute atomic E-state index is 13.2. The van der Waals surface area contributed by atoms with Crippen LogP contribution in [0.25, 0.3) is 10.9 Å². The fourth-order valence-corrected chi connectivity index (χ4v) is 4.79. The van der Waals surface area contributed by atoms with Gasteiger partial charge in [0.25, 0.3) is 5.91 Å². The number of carbonyl (C=O) groups is 1. The molecule has 0 unspecified atom stereocenters. The molecule has 0 bridgehead atoms. The zero-order valence-corrected chi connectivity index (χ0v) is 16.4. The van der Waals surface area contributed by atoms with Crippen LogP contribution in [0.1, 0.15) is 59.0 Å². The van der Waals surface area contributed by atoms with E-state index in [0.29, 0.717) is 5.92 Å². The van der Waals surface area contributed by atoms with E-state index in [1.807, 2.05) is 36.1 Å². The van der Waals surface area contributed by atoms with E-state index in [-0.39, 0.29) is 5.91 Å². The highest BCUT2D eigenvalue weighted by molar-refractivity contribution is 6.00. The number of hydrogen-bond acceptors (Lipinski definition) is 3. The average Bonchev–Trinajstić information content (AvgIpc) is 3.18. The van der Waals surface area contributed by atoms with Crippen molar-refractivity contribution in [2.75, 3.05) is 13.1 Å². The molecule has 1 aromatic carbocycles. The number of rotatable bonds is 2. The Hall–Kier alpha value is -2.69. The molecule has 3 aromatic rings. The van der Waals surface area contributed by atoms with E-state index in [9.17, 15) is 4.79 Å². The first-order valence-electron chi connectivity index (χ1n) is 10.4. The summed E-state index contributed by atoms with van der Waals surface area (Å²) in [6.07, 6.45) is 9.47. The number of benzene rings is 1. The standard InChI is InChI=1S/C23H26N4O/c1-16-19-7-2-3-8-21(19)24-15-20(16)23(28)26-12-9-17(10-13-26)22-25-14-18-6-4-5-11-27(18)22/h2-3,7-8,14-15,17H,4-6,9-13H2,1H3. The summed E-state index contributed by atoms with van der Waals surface area (Å²) in [6.45, 7) is 4.71. The second kappa shape index (κ2) is 7.04. The number of para-hydroxylation sites is 1. The van der Waals surface area contributed by atoms with Crippen LogP contribution in [-0.4, -0.2) is 38.4 Å². The third-order valence-electron chi connectivity index (χ3n) is 6.46. The van der Waals surface area contributed by atoms with Crippen molar-refractivity contribution in [3.05, 3.63) is 59.3 Å². The van der Waals surface area contributed by atoms with E-state index >= 15 is 0 Å². The first kappa shape index (κ1) is 17.4. The van der Waals surface area contributed by atoms with Crippen LogP contribution in [-0.2, 0) is 13.0 Å². The predicted molar refractivity (Wildman–Crippen MR) is 110 cm³/mol. The molecule has 0 N–H and O–H groups in total. The van der Waals surface area contributed by atoms with Crippen LogP contribution in [0.3, 0.4) is 0 Å². The Kier molecular flexibility index (Phi) is 4.38. The van der Waals surface area contributed by atoms with Gasteiger partial charge in [-0.3, -0.25) is 9.78 Å². The van der Waals surface area contributed by atoms with Gasteiger partial charge in [0, 0.05) is 49.0 Å². The van der Waals surface area contributed by atoms with Crippen molar-refractivity contribution < 1.29 is 4.79 Å². The van der Waals surface area contributed by atoms with E-state index in [4.69, 9.17) is 4.98 Å². The monoisotopic (exact) mass is 374 g/mol. The fraction of sp³-hybridized carbons (Fsp3) is 0.435. The minimum atomic E-state index is 0.111. The second-order valence-corrected chi connectivity index (χ2v) is 8.10. The second-order valence-electron chi connectivity index (χ2n) is 8.10. The third-order valence-corrected chi connectivity index (χ3v) is 6.46. The van der Waals surface area contributed by atoms with Crippen LogP contribution in [0.5, 0.6) is 0 Å². The summed E-state index contributed by atoms with van der Waals surface area (Å²) in [7, 11) is 0. The molecule has 0 spiro atoms. The van der Waals surface area contributed by atoms with Crippen molar-refractivity contribution in [2.24, 2.45) is 0 Å². The molecule has 5 heteroatoms. The molecule has 2 aromatic heterocycles. The van der Waals surface area contributed by atoms with Crippen LogP contribution in [0.15, 0.2) is 36.7 Å². The lowest BCUT2D eigenvalue weighted by molar-refractivity contribution is 0.0709. The van der Waals surface area contributed by atoms with Crippen molar-refractivity contribution >= 4 is 16.8 Å². The SMILES string of the molecule is Cc1c(C(=O)N2CCC(c3ncc4n3CCCC4)CC2)cnc2ccccc12. The zero-order chi connectivity index (χ0) is 19.1. The molecule has 4 heterocycles. The van der Waals surface area contributed by atoms with E-state index in [1.54, 1.807) is 6.20 Å². The van der Waals surface area contributed by atoms with Gasteiger partial charge in [-0.15, -0.1) is 0 Å². The molecule has 1 saturated heterocycles. The molecule has 0 aliphatic carbocycles. The highest BCUT2D eigenvalue weighted by atomic mass is 16.2. The first-order valence-corrected chi connectivity index (χ1v) is 10.4. The van der Waals surface area contributed by atoms with Crippen molar-refractivity contribution in [2.45, 2.75) is 51.5 Å². The Morgan fingerprint density at radius 2 is 1.86 bits per heavy atom. The number of pyridine rings is 1. The molecule has 5 rings (SSSR count). The summed E-state index contributed by atoms with van der Waals surface area (Å²) < 4.78 is 2.43. The molecule has 5 nitrogen and oxygen atoms in total. The van der Waals surface area contributed by atoms with Crippen LogP contribution < -0.4 is 0 Å². The topological polar surface area (TPSA) is 51.0 Å². The van der Waals surface area contributed by atoms with Gasteiger partial charge in [0.05, 0.1) is 11.1 Å². The van der Waals surface area contributed by atoms with E-state index in [2.05, 4.69) is 15.7 Å². The van der Waals surface area contributed by atoms with Gasteiger partial charge < -0.3 is 9.47 Å². The lowest BCUT2D eigenvalue weighted by atomic mass is 9.94. The number of hydrogen-bond donors (Lipinski definition) is 0. The normalized spacial score (nSPS) is 17.7. The number of likely N-dealkylation sites (tertiary alicyclic amines) is 1. The quantitative estimate of drug-likeness (QED) is 0.679. The lowest BCUT2D eigenvalue weighted by Gasteiger charge is -2.32. The molecular formula is C23H26N4O. The molecule has 0 radical (unpaired) electrons. The van der Waals surface area contributed by atoms with Gasteiger partial charge in [0.15, 0.2) is 0 Å². The minimum absolute atomic E-state index is 0.111. The van der Waals surface area contributed by atoms with Gasteiger partial charge in [-0.25, -0.2) is 4.98 Å². The average molecular weight is 374 g/mol. The number of carbonyl (C=O) groups excluding carboxylic acids is 1. The smallest absolute Gasteiger partial charge is 0.255 e. The number of fused-ring (bicyclic) bond motifs is 2. The number of amides is 1. The van der Waals surface area contributed by atoms with Crippen LogP contribution in [0.2, 0.25) is 0 Å². The summed E-state index contributed by atoms with van der Waals surface area (Å²) in [5.74, 6) is 1.82. The molecular weight excluding hydrogens is 348 g/mol. The highest BCUT2D eigenvalue weighted by Gasteiger charge is 2.29. The van der Waals surface area contributed by atoms with E-state index in [1.165, 1.54) is 24.4 Å². The van der Waals surface area contributed by atoms with E-state index < -0.39 is 0 Å². The summed E-state index contributed by atoms with van der Waals surface area (Å²) in [6, 6.07) is 8.02. The minimum Gasteiger partial charge on any atom is -0.339 e. The summed E-state index contributed by atoms with van der Waals surface area (Å²) in [5, 5.41) is 1.06. The van der Waals surface area contributed by atoms with Gasteiger partial charge in [0.1, 0.15) is 5.82 Å². The molecule has 0 saturated carbocycles. The van der Waals surface area contributed by atoms with E-state index in [0.717, 1.165) is 60.9 Å².